The second-order valence-corrected chi connectivity index (χ2v) is 4.71. The van der Waals surface area contributed by atoms with Gasteiger partial charge in [-0.05, 0) is 12.5 Å². The average molecular weight is 283 g/mol. The van der Waals surface area contributed by atoms with Crippen molar-refractivity contribution in [2.24, 2.45) is 0 Å². The van der Waals surface area contributed by atoms with Crippen LogP contribution in [-0.4, -0.2) is 15.2 Å². The molecule has 0 spiro atoms. The zero-order valence-corrected chi connectivity index (χ0v) is 10.9. The van der Waals surface area contributed by atoms with Crippen molar-refractivity contribution in [2.75, 3.05) is 0 Å². The predicted octanol–water partition coefficient (Wildman–Crippen LogP) is 2.30. The molecule has 0 amide bonds. The fourth-order valence-electron chi connectivity index (χ4n) is 1.45. The molecule has 1 N–H and O–H groups in total. The largest absolute Gasteiger partial charge is 0.295 e. The molecule has 0 saturated heterocycles. The van der Waals surface area contributed by atoms with E-state index in [1.54, 1.807) is 6.92 Å². The molecule has 0 radical (unpaired) electrons. The monoisotopic (exact) mass is 283 g/mol. The summed E-state index contributed by atoms with van der Waals surface area (Å²) in [4.78, 5) is 15.2. The molecule has 1 heterocycles. The molecule has 0 bridgehead atoms. The van der Waals surface area contributed by atoms with E-state index in [0.717, 1.165) is 17.8 Å². The van der Waals surface area contributed by atoms with Crippen LogP contribution >= 0.6 is 11.8 Å². The number of rotatable bonds is 4. The lowest BCUT2D eigenvalue weighted by atomic mass is 10.2. The Morgan fingerprint density at radius 3 is 2.84 bits per heavy atom. The number of aromatic amines is 1. The zero-order valence-electron chi connectivity index (χ0n) is 10.1. The molecule has 0 saturated carbocycles. The van der Waals surface area contributed by atoms with Gasteiger partial charge in [-0.25, -0.2) is 8.78 Å². The summed E-state index contributed by atoms with van der Waals surface area (Å²) in [6.45, 7) is 1.80. The van der Waals surface area contributed by atoms with Crippen molar-refractivity contribution in [3.05, 3.63) is 51.4 Å². The quantitative estimate of drug-likeness (QED) is 0.875. The summed E-state index contributed by atoms with van der Waals surface area (Å²) < 4.78 is 26.4. The molecule has 4 nitrogen and oxygen atoms in total. The highest BCUT2D eigenvalue weighted by atomic mass is 32.2. The highest BCUT2D eigenvalue weighted by Gasteiger charge is 2.09. The molecule has 0 unspecified atom stereocenters. The van der Waals surface area contributed by atoms with Gasteiger partial charge in [-0.2, -0.15) is 10.1 Å². The summed E-state index contributed by atoms with van der Waals surface area (Å²) in [7, 11) is 0. The zero-order chi connectivity index (χ0) is 13.8. The van der Waals surface area contributed by atoms with Crippen LogP contribution in [-0.2, 0) is 12.2 Å². The molecule has 1 aromatic heterocycles. The van der Waals surface area contributed by atoms with Gasteiger partial charge in [-0.15, -0.1) is 0 Å². The molecular weight excluding hydrogens is 272 g/mol. The molecule has 1 aromatic carbocycles. The standard InChI is InChI=1S/C12H11F2N3OS/c1-2-9-11(18)15-12(17-16-9)19-6-7-4-3-5-8(13)10(7)14/h3-5H,2,6H2,1H3,(H,15,17,18). The van der Waals surface area contributed by atoms with Crippen molar-refractivity contribution >= 4 is 11.8 Å². The van der Waals surface area contributed by atoms with E-state index in [2.05, 4.69) is 15.2 Å². The number of benzene rings is 1. The first-order valence-electron chi connectivity index (χ1n) is 5.63. The second kappa shape index (κ2) is 5.92. The van der Waals surface area contributed by atoms with Crippen LogP contribution in [0, 0.1) is 11.6 Å². The summed E-state index contributed by atoms with van der Waals surface area (Å²) in [6.07, 6.45) is 0.492. The topological polar surface area (TPSA) is 58.6 Å². The second-order valence-electron chi connectivity index (χ2n) is 3.75. The molecule has 0 aliphatic heterocycles. The minimum Gasteiger partial charge on any atom is -0.265 e. The van der Waals surface area contributed by atoms with Gasteiger partial charge >= 0.3 is 0 Å². The Kier molecular flexibility index (Phi) is 4.26. The first-order valence-corrected chi connectivity index (χ1v) is 6.61. The van der Waals surface area contributed by atoms with Crippen LogP contribution in [0.25, 0.3) is 0 Å². The van der Waals surface area contributed by atoms with Gasteiger partial charge in [0.15, 0.2) is 16.8 Å². The van der Waals surface area contributed by atoms with Gasteiger partial charge < -0.3 is 0 Å². The van der Waals surface area contributed by atoms with Crippen LogP contribution in [0.1, 0.15) is 18.2 Å². The third kappa shape index (κ3) is 3.17. The molecular formula is C12H11F2N3OS. The van der Waals surface area contributed by atoms with Gasteiger partial charge in [0.25, 0.3) is 5.56 Å². The van der Waals surface area contributed by atoms with E-state index in [-0.39, 0.29) is 16.5 Å². The first-order chi connectivity index (χ1) is 9.11. The fraction of sp³-hybridized carbons (Fsp3) is 0.250. The number of hydrogen-bond donors (Lipinski definition) is 1. The summed E-state index contributed by atoms with van der Waals surface area (Å²) in [6, 6.07) is 3.97. The molecule has 100 valence electrons. The highest BCUT2D eigenvalue weighted by Crippen LogP contribution is 2.21. The van der Waals surface area contributed by atoms with E-state index < -0.39 is 17.2 Å². The maximum absolute atomic E-state index is 13.4. The summed E-state index contributed by atoms with van der Waals surface area (Å²) in [5.41, 5.74) is 0.164. The Morgan fingerprint density at radius 2 is 2.16 bits per heavy atom. The maximum Gasteiger partial charge on any atom is 0.295 e. The van der Waals surface area contributed by atoms with Gasteiger partial charge in [0, 0.05) is 11.3 Å². The van der Waals surface area contributed by atoms with Gasteiger partial charge in [-0.3, -0.25) is 9.89 Å². The van der Waals surface area contributed by atoms with E-state index in [4.69, 9.17) is 0 Å². The predicted molar refractivity (Wildman–Crippen MR) is 67.9 cm³/mol. The van der Waals surface area contributed by atoms with Crippen molar-refractivity contribution < 1.29 is 8.78 Å². The van der Waals surface area contributed by atoms with E-state index in [1.165, 1.54) is 12.1 Å². The minimum atomic E-state index is -0.890. The van der Waals surface area contributed by atoms with E-state index >= 15 is 0 Å². The Balaban J connectivity index is 2.12. The lowest BCUT2D eigenvalue weighted by Crippen LogP contribution is -2.16. The third-order valence-corrected chi connectivity index (χ3v) is 3.38. The lowest BCUT2D eigenvalue weighted by Gasteiger charge is -2.03. The minimum absolute atomic E-state index is 0.166. The Bertz CT molecular complexity index is 645. The Morgan fingerprint density at radius 1 is 1.37 bits per heavy atom. The molecule has 7 heteroatoms. The lowest BCUT2D eigenvalue weighted by molar-refractivity contribution is 0.502. The fourth-order valence-corrected chi connectivity index (χ4v) is 2.22. The van der Waals surface area contributed by atoms with E-state index in [0.29, 0.717) is 12.1 Å². The third-order valence-electron chi connectivity index (χ3n) is 2.47. The van der Waals surface area contributed by atoms with E-state index in [1.807, 2.05) is 0 Å². The van der Waals surface area contributed by atoms with Crippen molar-refractivity contribution in [3.8, 4) is 0 Å². The number of aryl methyl sites for hydroxylation is 1. The molecule has 0 atom stereocenters. The summed E-state index contributed by atoms with van der Waals surface area (Å²) >= 11 is 1.09. The van der Waals surface area contributed by atoms with Crippen molar-refractivity contribution in [1.29, 1.82) is 0 Å². The molecule has 0 aliphatic rings. The van der Waals surface area contributed by atoms with Crippen LogP contribution < -0.4 is 5.56 Å². The van der Waals surface area contributed by atoms with Gasteiger partial charge in [0.2, 0.25) is 0 Å². The maximum atomic E-state index is 13.4. The Hall–Kier alpha value is -1.76. The van der Waals surface area contributed by atoms with Crippen LogP contribution in [0.2, 0.25) is 0 Å². The number of aromatic nitrogens is 3. The van der Waals surface area contributed by atoms with Gasteiger partial charge in [0.05, 0.1) is 0 Å². The molecule has 0 aliphatic carbocycles. The SMILES string of the molecule is CCc1n[nH]c(SCc2cccc(F)c2F)nc1=O. The Labute approximate surface area is 112 Å². The van der Waals surface area contributed by atoms with Gasteiger partial charge in [-0.1, -0.05) is 30.8 Å². The van der Waals surface area contributed by atoms with E-state index in [9.17, 15) is 13.6 Å². The number of nitrogens with zero attached hydrogens (tertiary/aromatic N) is 2. The normalized spacial score (nSPS) is 10.7. The molecule has 2 aromatic rings. The van der Waals surface area contributed by atoms with Crippen molar-refractivity contribution in [1.82, 2.24) is 15.2 Å². The number of halogens is 2. The van der Waals surface area contributed by atoms with Crippen LogP contribution in [0.15, 0.2) is 28.2 Å². The van der Waals surface area contributed by atoms with Crippen LogP contribution in [0.5, 0.6) is 0 Å². The first kappa shape index (κ1) is 13.7. The van der Waals surface area contributed by atoms with Crippen molar-refractivity contribution in [2.45, 2.75) is 24.3 Å². The van der Waals surface area contributed by atoms with Crippen LogP contribution in [0.4, 0.5) is 8.78 Å². The number of hydrogen-bond acceptors (Lipinski definition) is 4. The molecule has 0 fully saturated rings. The summed E-state index contributed by atoms with van der Waals surface area (Å²) in [5, 5.41) is 6.76. The smallest absolute Gasteiger partial charge is 0.265 e. The highest BCUT2D eigenvalue weighted by molar-refractivity contribution is 7.98. The molecule has 19 heavy (non-hydrogen) atoms. The van der Waals surface area contributed by atoms with Gasteiger partial charge in [0.1, 0.15) is 5.69 Å². The van der Waals surface area contributed by atoms with Crippen LogP contribution in [0.3, 0.4) is 0 Å². The number of nitrogens with one attached hydrogen (secondary N) is 1. The number of H-pyrrole nitrogens is 1. The molecule has 2 rings (SSSR count). The summed E-state index contributed by atoms with van der Waals surface area (Å²) in [5.74, 6) is -1.60. The average Bonchev–Trinajstić information content (AvgIpc) is 2.40. The number of thioether (sulfide) groups is 1. The van der Waals surface area contributed by atoms with Crippen molar-refractivity contribution in [3.63, 3.8) is 0 Å².